The van der Waals surface area contributed by atoms with Gasteiger partial charge in [-0.15, -0.1) is 0 Å². The van der Waals surface area contributed by atoms with Gasteiger partial charge in [0.1, 0.15) is 11.4 Å². The Bertz CT molecular complexity index is 497. The summed E-state index contributed by atoms with van der Waals surface area (Å²) in [7, 11) is 1.28. The number of amides is 1. The maximum atomic E-state index is 11.5. The molecule has 0 fully saturated rings. The van der Waals surface area contributed by atoms with Gasteiger partial charge in [-0.2, -0.15) is 0 Å². The van der Waals surface area contributed by atoms with E-state index in [2.05, 4.69) is 31.0 Å². The van der Waals surface area contributed by atoms with Gasteiger partial charge in [-0.25, -0.2) is 14.6 Å². The molecule has 1 aromatic heterocycles. The zero-order valence-electron chi connectivity index (χ0n) is 11.1. The summed E-state index contributed by atoms with van der Waals surface area (Å²) in [5, 5.41) is 2.47. The van der Waals surface area contributed by atoms with Crippen LogP contribution in [0.25, 0.3) is 0 Å². The van der Waals surface area contributed by atoms with Crippen LogP contribution in [-0.4, -0.2) is 29.8 Å². The Morgan fingerprint density at radius 3 is 2.47 bits per heavy atom. The van der Waals surface area contributed by atoms with Gasteiger partial charge in [0.15, 0.2) is 0 Å². The van der Waals surface area contributed by atoms with Crippen molar-refractivity contribution in [2.75, 3.05) is 12.4 Å². The second-order valence-corrected chi connectivity index (χ2v) is 5.52. The van der Waals surface area contributed by atoms with Gasteiger partial charge in [0, 0.05) is 10.7 Å². The first-order chi connectivity index (χ1) is 8.73. The van der Waals surface area contributed by atoms with E-state index in [0.717, 1.165) is 0 Å². The average molecular weight is 331 g/mol. The van der Waals surface area contributed by atoms with Crippen molar-refractivity contribution in [3.8, 4) is 0 Å². The second kappa shape index (κ2) is 6.01. The van der Waals surface area contributed by atoms with Crippen LogP contribution >= 0.6 is 15.9 Å². The molecule has 0 unspecified atom stereocenters. The third kappa shape index (κ3) is 4.86. The Balaban J connectivity index is 2.79. The van der Waals surface area contributed by atoms with Crippen LogP contribution in [0.5, 0.6) is 0 Å². The van der Waals surface area contributed by atoms with Crippen molar-refractivity contribution in [2.45, 2.75) is 26.4 Å². The molecule has 0 atom stereocenters. The number of carbonyl (C=O) groups is 2. The van der Waals surface area contributed by atoms with E-state index in [4.69, 9.17) is 4.74 Å². The van der Waals surface area contributed by atoms with Gasteiger partial charge in [-0.1, -0.05) is 0 Å². The number of pyridine rings is 1. The fourth-order valence-corrected chi connectivity index (χ4v) is 1.65. The summed E-state index contributed by atoms with van der Waals surface area (Å²) in [5.74, 6) is -0.239. The number of ether oxygens (including phenoxy) is 2. The van der Waals surface area contributed by atoms with Crippen LogP contribution < -0.4 is 5.32 Å². The van der Waals surface area contributed by atoms with Crippen molar-refractivity contribution >= 4 is 33.8 Å². The van der Waals surface area contributed by atoms with Crippen LogP contribution in [0.2, 0.25) is 0 Å². The number of methoxy groups -OCH3 is 1. The number of halogens is 1. The number of hydrogen-bond acceptors (Lipinski definition) is 5. The number of nitrogens with one attached hydrogen (secondary N) is 1. The minimum atomic E-state index is -0.613. The minimum Gasteiger partial charge on any atom is -0.465 e. The van der Waals surface area contributed by atoms with Crippen molar-refractivity contribution in [1.29, 1.82) is 0 Å². The minimum absolute atomic E-state index is 0.272. The van der Waals surface area contributed by atoms with E-state index in [-0.39, 0.29) is 11.4 Å². The molecule has 0 aliphatic rings. The molecule has 0 spiro atoms. The van der Waals surface area contributed by atoms with E-state index in [0.29, 0.717) is 4.47 Å². The maximum absolute atomic E-state index is 11.5. The van der Waals surface area contributed by atoms with E-state index in [1.54, 1.807) is 20.8 Å². The third-order valence-corrected chi connectivity index (χ3v) is 2.54. The number of hydrogen-bond donors (Lipinski definition) is 1. The topological polar surface area (TPSA) is 77.5 Å². The van der Waals surface area contributed by atoms with Gasteiger partial charge in [0.25, 0.3) is 0 Å². The lowest BCUT2D eigenvalue weighted by atomic mass is 10.2. The van der Waals surface area contributed by atoms with Gasteiger partial charge in [0.2, 0.25) is 0 Å². The molecule has 0 saturated carbocycles. The third-order valence-electron chi connectivity index (χ3n) is 1.89. The van der Waals surface area contributed by atoms with Crippen LogP contribution in [0.4, 0.5) is 10.6 Å². The average Bonchev–Trinajstić information content (AvgIpc) is 2.25. The number of carbonyl (C=O) groups excluding carboxylic acids is 2. The predicted octanol–water partition coefficient (Wildman–Crippen LogP) is 2.98. The summed E-state index contributed by atoms with van der Waals surface area (Å²) in [6, 6.07) is 1.50. The highest BCUT2D eigenvalue weighted by atomic mass is 79.9. The highest BCUT2D eigenvalue weighted by Crippen LogP contribution is 2.20. The van der Waals surface area contributed by atoms with Crippen molar-refractivity contribution in [3.63, 3.8) is 0 Å². The lowest BCUT2D eigenvalue weighted by molar-refractivity contribution is 0.0597. The highest BCUT2D eigenvalue weighted by Gasteiger charge is 2.17. The van der Waals surface area contributed by atoms with Crippen molar-refractivity contribution in [3.05, 3.63) is 22.3 Å². The first kappa shape index (κ1) is 15.4. The van der Waals surface area contributed by atoms with E-state index in [1.807, 2.05) is 0 Å². The van der Waals surface area contributed by atoms with Gasteiger partial charge < -0.3 is 9.47 Å². The Morgan fingerprint density at radius 2 is 2.00 bits per heavy atom. The number of nitrogens with zero attached hydrogens (tertiary/aromatic N) is 1. The molecule has 1 rings (SSSR count). The van der Waals surface area contributed by atoms with Crippen LogP contribution in [0, 0.1) is 0 Å². The van der Waals surface area contributed by atoms with Crippen LogP contribution in [-0.2, 0) is 9.47 Å². The molecule has 0 bridgehead atoms. The zero-order chi connectivity index (χ0) is 14.6. The molecular formula is C12H15BrN2O4. The normalized spacial score (nSPS) is 10.8. The molecule has 1 amide bonds. The summed E-state index contributed by atoms with van der Waals surface area (Å²) in [4.78, 5) is 26.8. The summed E-state index contributed by atoms with van der Waals surface area (Å²) in [6.07, 6.45) is 0.695. The van der Waals surface area contributed by atoms with Gasteiger partial charge in [-0.05, 0) is 42.8 Å². The smallest absolute Gasteiger partial charge is 0.413 e. The van der Waals surface area contributed by atoms with Gasteiger partial charge in [0.05, 0.1) is 12.7 Å². The molecule has 0 aromatic carbocycles. The molecule has 0 radical (unpaired) electrons. The first-order valence-corrected chi connectivity index (χ1v) is 6.26. The van der Waals surface area contributed by atoms with E-state index < -0.39 is 17.7 Å². The Labute approximate surface area is 119 Å². The maximum Gasteiger partial charge on any atom is 0.413 e. The molecule has 6 nitrogen and oxygen atoms in total. The molecule has 0 aliphatic heterocycles. The lowest BCUT2D eigenvalue weighted by Gasteiger charge is -2.19. The molecule has 1 aromatic rings. The highest BCUT2D eigenvalue weighted by molar-refractivity contribution is 9.10. The molecule has 104 valence electrons. The fourth-order valence-electron chi connectivity index (χ4n) is 1.17. The summed E-state index contributed by atoms with van der Waals surface area (Å²) in [6.45, 7) is 5.28. The SMILES string of the molecule is COC(=O)c1cnc(NC(=O)OC(C)(C)C)cc1Br. The van der Waals surface area contributed by atoms with E-state index >= 15 is 0 Å². The first-order valence-electron chi connectivity index (χ1n) is 5.47. The number of rotatable bonds is 2. The van der Waals surface area contributed by atoms with E-state index in [1.165, 1.54) is 19.4 Å². The summed E-state index contributed by atoms with van der Waals surface area (Å²) >= 11 is 3.21. The van der Waals surface area contributed by atoms with Crippen LogP contribution in [0.15, 0.2) is 16.7 Å². The van der Waals surface area contributed by atoms with Crippen molar-refractivity contribution in [1.82, 2.24) is 4.98 Å². The largest absolute Gasteiger partial charge is 0.465 e. The van der Waals surface area contributed by atoms with E-state index in [9.17, 15) is 9.59 Å². The number of aromatic nitrogens is 1. The summed E-state index contributed by atoms with van der Waals surface area (Å²) in [5.41, 5.74) is -0.315. The Hall–Kier alpha value is -1.63. The Morgan fingerprint density at radius 1 is 1.37 bits per heavy atom. The van der Waals surface area contributed by atoms with Crippen molar-refractivity contribution in [2.24, 2.45) is 0 Å². The van der Waals surface area contributed by atoms with Crippen molar-refractivity contribution < 1.29 is 19.1 Å². The monoisotopic (exact) mass is 330 g/mol. The summed E-state index contributed by atoms with van der Waals surface area (Å²) < 4.78 is 10.1. The van der Waals surface area contributed by atoms with Crippen LogP contribution in [0.3, 0.4) is 0 Å². The molecule has 19 heavy (non-hydrogen) atoms. The van der Waals surface area contributed by atoms with Crippen LogP contribution in [0.1, 0.15) is 31.1 Å². The number of anilines is 1. The molecule has 0 saturated heterocycles. The standard InChI is InChI=1S/C12H15BrN2O4/c1-12(2,3)19-11(17)15-9-5-8(13)7(6-14-9)10(16)18-4/h5-6H,1-4H3,(H,14,15,17). The molecule has 1 N–H and O–H groups in total. The molecule has 1 heterocycles. The zero-order valence-corrected chi connectivity index (χ0v) is 12.7. The molecule has 7 heteroatoms. The lowest BCUT2D eigenvalue weighted by Crippen LogP contribution is -2.27. The predicted molar refractivity (Wildman–Crippen MR) is 73.1 cm³/mol. The Kier molecular flexibility index (Phi) is 4.88. The molecular weight excluding hydrogens is 316 g/mol. The second-order valence-electron chi connectivity index (χ2n) is 4.67. The number of esters is 1. The quantitative estimate of drug-likeness (QED) is 0.843. The molecule has 0 aliphatic carbocycles. The fraction of sp³-hybridized carbons (Fsp3) is 0.417. The van der Waals surface area contributed by atoms with Gasteiger partial charge >= 0.3 is 12.1 Å². The van der Waals surface area contributed by atoms with Gasteiger partial charge in [-0.3, -0.25) is 5.32 Å².